The molecule has 92 valence electrons. The third kappa shape index (κ3) is 3.78. The molecule has 0 saturated heterocycles. The third-order valence-corrected chi connectivity index (χ3v) is 2.22. The molecule has 0 amide bonds. The quantitative estimate of drug-likeness (QED) is 0.603. The number of hydrogen-bond acceptors (Lipinski definition) is 2. The van der Waals surface area contributed by atoms with Crippen molar-refractivity contribution in [2.45, 2.75) is 6.18 Å². The van der Waals surface area contributed by atoms with Gasteiger partial charge in [-0.25, -0.2) is 4.79 Å². The molecule has 0 radical (unpaired) electrons. The lowest BCUT2D eigenvalue weighted by Gasteiger charge is -2.08. The van der Waals surface area contributed by atoms with Crippen LogP contribution in [0.4, 0.5) is 13.2 Å². The Kier molecular flexibility index (Phi) is 4.17. The fourth-order valence-electron chi connectivity index (χ4n) is 1.10. The van der Waals surface area contributed by atoms with Gasteiger partial charge >= 0.3 is 12.1 Å². The molecule has 0 aliphatic heterocycles. The van der Waals surface area contributed by atoms with E-state index >= 15 is 0 Å². The van der Waals surface area contributed by atoms with Gasteiger partial charge in [0.2, 0.25) is 0 Å². The summed E-state index contributed by atoms with van der Waals surface area (Å²) in [5.74, 6) is -0.596. The van der Waals surface area contributed by atoms with E-state index < -0.39 is 22.7 Å². The molecule has 0 aliphatic rings. The van der Waals surface area contributed by atoms with Gasteiger partial charge < -0.3 is 4.74 Å². The molecular formula is C11H8ClF3O2. The number of carbonyl (C=O) groups is 1. The van der Waals surface area contributed by atoms with Crippen molar-refractivity contribution in [3.05, 3.63) is 40.4 Å². The maximum Gasteiger partial charge on any atom is 0.417 e. The van der Waals surface area contributed by atoms with E-state index in [0.717, 1.165) is 18.2 Å². The van der Waals surface area contributed by atoms with Crippen LogP contribution in [0.3, 0.4) is 0 Å². The first-order valence-electron chi connectivity index (χ1n) is 4.47. The molecule has 0 unspecified atom stereocenters. The molecule has 0 saturated carbocycles. The zero-order valence-electron chi connectivity index (χ0n) is 8.72. The van der Waals surface area contributed by atoms with Crippen molar-refractivity contribution < 1.29 is 22.7 Å². The van der Waals surface area contributed by atoms with Crippen LogP contribution in [-0.2, 0) is 15.7 Å². The summed E-state index contributed by atoms with van der Waals surface area (Å²) in [7, 11) is 1.20. The predicted molar refractivity (Wildman–Crippen MR) is 57.5 cm³/mol. The van der Waals surface area contributed by atoms with Crippen LogP contribution < -0.4 is 0 Å². The lowest BCUT2D eigenvalue weighted by Crippen LogP contribution is -2.05. The fraction of sp³-hybridized carbons (Fsp3) is 0.182. The van der Waals surface area contributed by atoms with Gasteiger partial charge in [-0.3, -0.25) is 0 Å². The van der Waals surface area contributed by atoms with E-state index in [1.165, 1.54) is 19.3 Å². The number of alkyl halides is 3. The van der Waals surface area contributed by atoms with E-state index in [-0.39, 0.29) is 0 Å². The Balaban J connectivity index is 2.98. The van der Waals surface area contributed by atoms with E-state index in [9.17, 15) is 18.0 Å². The van der Waals surface area contributed by atoms with Crippen LogP contribution in [0.1, 0.15) is 11.1 Å². The lowest BCUT2D eigenvalue weighted by atomic mass is 10.1. The fourth-order valence-corrected chi connectivity index (χ4v) is 1.39. The first kappa shape index (κ1) is 13.6. The highest BCUT2D eigenvalue weighted by Gasteiger charge is 2.32. The number of benzene rings is 1. The van der Waals surface area contributed by atoms with Gasteiger partial charge in [0.25, 0.3) is 0 Å². The van der Waals surface area contributed by atoms with Crippen molar-refractivity contribution in [3.63, 3.8) is 0 Å². The summed E-state index contributed by atoms with van der Waals surface area (Å²) in [4.78, 5) is 10.8. The van der Waals surface area contributed by atoms with Crippen molar-refractivity contribution in [2.24, 2.45) is 0 Å². The number of ether oxygens (including phenoxy) is 1. The smallest absolute Gasteiger partial charge is 0.417 e. The molecule has 1 aromatic carbocycles. The Labute approximate surface area is 101 Å². The molecule has 0 heterocycles. The first-order valence-corrected chi connectivity index (χ1v) is 4.85. The maximum atomic E-state index is 12.4. The van der Waals surface area contributed by atoms with Gasteiger partial charge in [-0.1, -0.05) is 17.7 Å². The number of hydrogen-bond donors (Lipinski definition) is 0. The largest absolute Gasteiger partial charge is 0.466 e. The number of carbonyl (C=O) groups excluding carboxylic acids is 1. The summed E-state index contributed by atoms with van der Waals surface area (Å²) in [6.07, 6.45) is -2.07. The molecule has 0 fully saturated rings. The standard InChI is InChI=1S/C11H8ClF3O2/c1-17-10(16)5-3-7-2-4-8(9(12)6-7)11(13,14)15/h2-6H,1H3/b5-3+. The van der Waals surface area contributed by atoms with Crippen molar-refractivity contribution in [2.75, 3.05) is 7.11 Å². The zero-order valence-corrected chi connectivity index (χ0v) is 9.47. The van der Waals surface area contributed by atoms with E-state index in [2.05, 4.69) is 4.74 Å². The molecular weight excluding hydrogens is 257 g/mol. The third-order valence-electron chi connectivity index (χ3n) is 1.91. The molecule has 1 rings (SSSR count). The second kappa shape index (κ2) is 5.23. The van der Waals surface area contributed by atoms with E-state index in [0.29, 0.717) is 5.56 Å². The monoisotopic (exact) mass is 264 g/mol. The van der Waals surface area contributed by atoms with Crippen LogP contribution in [-0.4, -0.2) is 13.1 Å². The summed E-state index contributed by atoms with van der Waals surface area (Å²) >= 11 is 5.49. The van der Waals surface area contributed by atoms with Crippen molar-refractivity contribution >= 4 is 23.6 Å². The van der Waals surface area contributed by atoms with E-state index in [4.69, 9.17) is 11.6 Å². The predicted octanol–water partition coefficient (Wildman–Crippen LogP) is 3.55. The maximum absolute atomic E-state index is 12.4. The number of methoxy groups -OCH3 is 1. The summed E-state index contributed by atoms with van der Waals surface area (Å²) < 4.78 is 41.5. The van der Waals surface area contributed by atoms with Crippen LogP contribution in [0.2, 0.25) is 5.02 Å². The Bertz CT molecular complexity index is 453. The molecule has 0 bridgehead atoms. The molecule has 0 aromatic heterocycles. The molecule has 17 heavy (non-hydrogen) atoms. The summed E-state index contributed by atoms with van der Waals surface area (Å²) in [5.41, 5.74) is -0.525. The van der Waals surface area contributed by atoms with Crippen LogP contribution in [0, 0.1) is 0 Å². The van der Waals surface area contributed by atoms with Gasteiger partial charge in [0.1, 0.15) is 0 Å². The van der Waals surface area contributed by atoms with Gasteiger partial charge in [-0.05, 0) is 23.8 Å². The van der Waals surface area contributed by atoms with Gasteiger partial charge in [-0.2, -0.15) is 13.2 Å². The average molecular weight is 265 g/mol. The molecule has 6 heteroatoms. The highest BCUT2D eigenvalue weighted by molar-refractivity contribution is 6.31. The number of halogens is 4. The zero-order chi connectivity index (χ0) is 13.1. The Morgan fingerprint density at radius 1 is 1.41 bits per heavy atom. The Morgan fingerprint density at radius 3 is 2.53 bits per heavy atom. The summed E-state index contributed by atoms with van der Waals surface area (Å²) in [6.45, 7) is 0. The van der Waals surface area contributed by atoms with Crippen LogP contribution in [0.25, 0.3) is 6.08 Å². The van der Waals surface area contributed by atoms with Gasteiger partial charge in [0, 0.05) is 6.08 Å². The lowest BCUT2D eigenvalue weighted by molar-refractivity contribution is -0.137. The van der Waals surface area contributed by atoms with Crippen LogP contribution >= 0.6 is 11.6 Å². The average Bonchev–Trinajstić information content (AvgIpc) is 2.24. The van der Waals surface area contributed by atoms with Crippen LogP contribution in [0.5, 0.6) is 0 Å². The van der Waals surface area contributed by atoms with Crippen molar-refractivity contribution in [1.82, 2.24) is 0 Å². The molecule has 2 nitrogen and oxygen atoms in total. The van der Waals surface area contributed by atoms with Gasteiger partial charge in [-0.15, -0.1) is 0 Å². The number of rotatable bonds is 2. The van der Waals surface area contributed by atoms with Crippen LogP contribution in [0.15, 0.2) is 24.3 Å². The SMILES string of the molecule is COC(=O)/C=C/c1ccc(C(F)(F)F)c(Cl)c1. The molecule has 1 aromatic rings. The summed E-state index contributed by atoms with van der Waals surface area (Å²) in [5, 5.41) is -0.412. The number of esters is 1. The van der Waals surface area contributed by atoms with Crippen molar-refractivity contribution in [3.8, 4) is 0 Å². The first-order chi connectivity index (χ1) is 7.84. The molecule has 0 spiro atoms. The Hall–Kier alpha value is -1.49. The second-order valence-corrected chi connectivity index (χ2v) is 3.50. The highest BCUT2D eigenvalue weighted by atomic mass is 35.5. The Morgan fingerprint density at radius 2 is 2.06 bits per heavy atom. The van der Waals surface area contributed by atoms with E-state index in [1.54, 1.807) is 0 Å². The highest BCUT2D eigenvalue weighted by Crippen LogP contribution is 2.35. The van der Waals surface area contributed by atoms with Gasteiger partial charge in [0.05, 0.1) is 17.7 Å². The summed E-state index contributed by atoms with van der Waals surface area (Å²) in [6, 6.07) is 3.21. The minimum atomic E-state index is -4.48. The minimum Gasteiger partial charge on any atom is -0.466 e. The minimum absolute atomic E-state index is 0.383. The second-order valence-electron chi connectivity index (χ2n) is 3.09. The molecule has 0 atom stereocenters. The normalized spacial score (nSPS) is 11.8. The van der Waals surface area contributed by atoms with Crippen molar-refractivity contribution in [1.29, 1.82) is 0 Å². The topological polar surface area (TPSA) is 26.3 Å². The molecule has 0 aliphatic carbocycles. The van der Waals surface area contributed by atoms with E-state index in [1.807, 2.05) is 0 Å². The molecule has 0 N–H and O–H groups in total. The van der Waals surface area contributed by atoms with Gasteiger partial charge in [0.15, 0.2) is 0 Å².